The third kappa shape index (κ3) is 3.96. The van der Waals surface area contributed by atoms with Crippen LogP contribution in [-0.4, -0.2) is 30.5 Å². The maximum absolute atomic E-state index is 12.8. The Labute approximate surface area is 169 Å². The van der Waals surface area contributed by atoms with Gasteiger partial charge < -0.3 is 15.0 Å². The molecule has 2 heterocycles. The standard InChI is InChI=1S/C23H21N3O3/c1-29-23(28)17-7-4-9-19(12-17)25-22(27)18-13-20(15-24-14-18)26-11-5-8-16-6-2-3-10-21(16)26/h2-4,6-7,9-10,12-15H,5,8,11H2,1H3,(H,25,27). The van der Waals surface area contributed by atoms with Gasteiger partial charge in [0.2, 0.25) is 0 Å². The molecule has 6 nitrogen and oxygen atoms in total. The number of rotatable bonds is 4. The second-order valence-corrected chi connectivity index (χ2v) is 6.84. The molecule has 0 fully saturated rings. The number of para-hydroxylation sites is 1. The molecule has 0 radical (unpaired) electrons. The first kappa shape index (κ1) is 18.7. The largest absolute Gasteiger partial charge is 0.465 e. The van der Waals surface area contributed by atoms with Crippen LogP contribution >= 0.6 is 0 Å². The molecule has 6 heteroatoms. The molecule has 1 amide bonds. The van der Waals surface area contributed by atoms with Crippen molar-refractivity contribution in [3.05, 3.63) is 83.7 Å². The number of carbonyl (C=O) groups excluding carboxylic acids is 2. The summed E-state index contributed by atoms with van der Waals surface area (Å²) in [6.07, 6.45) is 5.42. The first-order chi connectivity index (χ1) is 14.2. The molecule has 0 saturated heterocycles. The maximum atomic E-state index is 12.8. The summed E-state index contributed by atoms with van der Waals surface area (Å²) in [7, 11) is 1.32. The highest BCUT2D eigenvalue weighted by Crippen LogP contribution is 2.33. The quantitative estimate of drug-likeness (QED) is 0.679. The molecule has 0 unspecified atom stereocenters. The third-order valence-corrected chi connectivity index (χ3v) is 4.95. The van der Waals surface area contributed by atoms with Crippen LogP contribution in [0.25, 0.3) is 0 Å². The molecule has 0 bridgehead atoms. The molecule has 0 aliphatic carbocycles. The minimum absolute atomic E-state index is 0.285. The van der Waals surface area contributed by atoms with Gasteiger partial charge in [0, 0.05) is 24.1 Å². The van der Waals surface area contributed by atoms with Crippen molar-refractivity contribution < 1.29 is 14.3 Å². The lowest BCUT2D eigenvalue weighted by Gasteiger charge is -2.31. The summed E-state index contributed by atoms with van der Waals surface area (Å²) in [5, 5.41) is 2.82. The number of benzene rings is 2. The number of hydrogen-bond donors (Lipinski definition) is 1. The van der Waals surface area contributed by atoms with Crippen molar-refractivity contribution in [2.75, 3.05) is 23.9 Å². The zero-order valence-corrected chi connectivity index (χ0v) is 16.1. The SMILES string of the molecule is COC(=O)c1cccc(NC(=O)c2cncc(N3CCCc4ccccc43)c2)c1. The summed E-state index contributed by atoms with van der Waals surface area (Å²) in [5.74, 6) is -0.736. The van der Waals surface area contributed by atoms with Crippen molar-refractivity contribution in [2.45, 2.75) is 12.8 Å². The Morgan fingerprint density at radius 3 is 2.76 bits per heavy atom. The van der Waals surface area contributed by atoms with Crippen LogP contribution < -0.4 is 10.2 Å². The molecular formula is C23H21N3O3. The van der Waals surface area contributed by atoms with Gasteiger partial charge in [-0.3, -0.25) is 9.78 Å². The number of nitrogens with zero attached hydrogens (tertiary/aromatic N) is 2. The van der Waals surface area contributed by atoms with Crippen LogP contribution in [0.5, 0.6) is 0 Å². The molecule has 0 saturated carbocycles. The van der Waals surface area contributed by atoms with Gasteiger partial charge in [-0.1, -0.05) is 24.3 Å². The van der Waals surface area contributed by atoms with Crippen molar-refractivity contribution in [3.8, 4) is 0 Å². The van der Waals surface area contributed by atoms with Crippen molar-refractivity contribution in [1.29, 1.82) is 0 Å². The Bertz CT molecular complexity index is 1060. The molecule has 0 spiro atoms. The maximum Gasteiger partial charge on any atom is 0.337 e. The number of methoxy groups -OCH3 is 1. The minimum atomic E-state index is -0.450. The molecule has 1 aliphatic rings. The minimum Gasteiger partial charge on any atom is -0.465 e. The summed E-state index contributed by atoms with van der Waals surface area (Å²) in [6, 6.07) is 16.8. The lowest BCUT2D eigenvalue weighted by molar-refractivity contribution is 0.0600. The number of fused-ring (bicyclic) bond motifs is 1. The van der Waals surface area contributed by atoms with E-state index in [-0.39, 0.29) is 5.91 Å². The highest BCUT2D eigenvalue weighted by atomic mass is 16.5. The van der Waals surface area contributed by atoms with Gasteiger partial charge in [-0.15, -0.1) is 0 Å². The number of ether oxygens (including phenoxy) is 1. The Morgan fingerprint density at radius 1 is 1.03 bits per heavy atom. The predicted octanol–water partition coefficient (Wildman–Crippen LogP) is 4.20. The lowest BCUT2D eigenvalue weighted by Crippen LogP contribution is -2.25. The monoisotopic (exact) mass is 387 g/mol. The van der Waals surface area contributed by atoms with E-state index in [9.17, 15) is 9.59 Å². The molecule has 0 atom stereocenters. The molecule has 4 rings (SSSR count). The fraction of sp³-hybridized carbons (Fsp3) is 0.174. The molecule has 1 aliphatic heterocycles. The molecule has 146 valence electrons. The number of aromatic nitrogens is 1. The van der Waals surface area contributed by atoms with Gasteiger partial charge in [0.1, 0.15) is 0 Å². The summed E-state index contributed by atoms with van der Waals surface area (Å²) in [5.41, 5.74) is 4.69. The number of pyridine rings is 1. The average Bonchev–Trinajstić information content (AvgIpc) is 2.78. The zero-order valence-electron chi connectivity index (χ0n) is 16.1. The zero-order chi connectivity index (χ0) is 20.2. The van der Waals surface area contributed by atoms with E-state index in [4.69, 9.17) is 4.74 Å². The van der Waals surface area contributed by atoms with Crippen LogP contribution in [0.2, 0.25) is 0 Å². The van der Waals surface area contributed by atoms with Crippen molar-refractivity contribution in [2.24, 2.45) is 0 Å². The third-order valence-electron chi connectivity index (χ3n) is 4.95. The first-order valence-corrected chi connectivity index (χ1v) is 9.46. The highest BCUT2D eigenvalue weighted by Gasteiger charge is 2.19. The van der Waals surface area contributed by atoms with E-state index in [0.717, 1.165) is 30.8 Å². The average molecular weight is 387 g/mol. The van der Waals surface area contributed by atoms with E-state index >= 15 is 0 Å². The van der Waals surface area contributed by atoms with E-state index < -0.39 is 5.97 Å². The smallest absolute Gasteiger partial charge is 0.337 e. The van der Waals surface area contributed by atoms with Crippen LogP contribution in [-0.2, 0) is 11.2 Å². The summed E-state index contributed by atoms with van der Waals surface area (Å²) in [6.45, 7) is 0.880. The first-order valence-electron chi connectivity index (χ1n) is 9.46. The Hall–Kier alpha value is -3.67. The van der Waals surface area contributed by atoms with Gasteiger partial charge in [-0.2, -0.15) is 0 Å². The molecule has 1 N–H and O–H groups in total. The number of nitrogens with one attached hydrogen (secondary N) is 1. The van der Waals surface area contributed by atoms with Crippen molar-refractivity contribution >= 4 is 28.9 Å². The second-order valence-electron chi connectivity index (χ2n) is 6.84. The number of amides is 1. The molecule has 2 aromatic carbocycles. The number of carbonyl (C=O) groups is 2. The number of aryl methyl sites for hydroxylation is 1. The lowest BCUT2D eigenvalue weighted by atomic mass is 10.0. The van der Waals surface area contributed by atoms with Crippen LogP contribution in [0.4, 0.5) is 17.1 Å². The Balaban J connectivity index is 1.57. The van der Waals surface area contributed by atoms with Crippen LogP contribution in [0.1, 0.15) is 32.7 Å². The molecular weight excluding hydrogens is 366 g/mol. The fourth-order valence-corrected chi connectivity index (χ4v) is 3.55. The Morgan fingerprint density at radius 2 is 1.90 bits per heavy atom. The highest BCUT2D eigenvalue weighted by molar-refractivity contribution is 6.05. The summed E-state index contributed by atoms with van der Waals surface area (Å²) in [4.78, 5) is 30.9. The predicted molar refractivity (Wildman–Crippen MR) is 112 cm³/mol. The number of anilines is 3. The van der Waals surface area contributed by atoms with Gasteiger partial charge in [0.25, 0.3) is 5.91 Å². The normalized spacial score (nSPS) is 12.8. The molecule has 29 heavy (non-hydrogen) atoms. The molecule has 3 aromatic rings. The van der Waals surface area contributed by atoms with E-state index in [2.05, 4.69) is 27.3 Å². The van der Waals surface area contributed by atoms with Crippen molar-refractivity contribution in [1.82, 2.24) is 4.98 Å². The number of esters is 1. The van der Waals surface area contributed by atoms with E-state index in [0.29, 0.717) is 16.8 Å². The van der Waals surface area contributed by atoms with Gasteiger partial charge in [-0.05, 0) is 48.7 Å². The van der Waals surface area contributed by atoms with Crippen LogP contribution in [0, 0.1) is 0 Å². The molecule has 1 aromatic heterocycles. The van der Waals surface area contributed by atoms with Crippen molar-refractivity contribution in [3.63, 3.8) is 0 Å². The second kappa shape index (κ2) is 8.14. The Kier molecular flexibility index (Phi) is 5.24. The van der Waals surface area contributed by atoms with Crippen LogP contribution in [0.3, 0.4) is 0 Å². The van der Waals surface area contributed by atoms with E-state index in [1.807, 2.05) is 18.2 Å². The summed E-state index contributed by atoms with van der Waals surface area (Å²) >= 11 is 0. The van der Waals surface area contributed by atoms with Crippen LogP contribution in [0.15, 0.2) is 67.0 Å². The topological polar surface area (TPSA) is 71.5 Å². The van der Waals surface area contributed by atoms with E-state index in [1.54, 1.807) is 36.7 Å². The van der Waals surface area contributed by atoms with Gasteiger partial charge in [0.15, 0.2) is 0 Å². The van der Waals surface area contributed by atoms with Gasteiger partial charge >= 0.3 is 5.97 Å². The van der Waals surface area contributed by atoms with Gasteiger partial charge in [0.05, 0.1) is 30.1 Å². The van der Waals surface area contributed by atoms with E-state index in [1.165, 1.54) is 12.7 Å². The number of hydrogen-bond acceptors (Lipinski definition) is 5. The fourth-order valence-electron chi connectivity index (χ4n) is 3.55. The van der Waals surface area contributed by atoms with Gasteiger partial charge in [-0.25, -0.2) is 4.79 Å². The summed E-state index contributed by atoms with van der Waals surface area (Å²) < 4.78 is 4.73.